The first-order chi connectivity index (χ1) is 11.6. The standard InChI is InChI=1S/C16H17N5O3/c22-16(19-13-4-1-7-17-9-13)12-3-2-8-20(11-12)15-6-5-14(10-18-15)21(23)24/h1,4-7,9-10,12H,2-3,8,11H2,(H,19,22)/t12-/m1/s1. The van der Waals surface area contributed by atoms with E-state index in [1.807, 2.05) is 4.90 Å². The summed E-state index contributed by atoms with van der Waals surface area (Å²) >= 11 is 0. The second-order valence-corrected chi connectivity index (χ2v) is 5.65. The van der Waals surface area contributed by atoms with Crippen LogP contribution in [0.4, 0.5) is 17.2 Å². The van der Waals surface area contributed by atoms with Gasteiger partial charge in [-0.2, -0.15) is 0 Å². The quantitative estimate of drug-likeness (QED) is 0.682. The van der Waals surface area contributed by atoms with Crippen molar-refractivity contribution in [2.24, 2.45) is 5.92 Å². The van der Waals surface area contributed by atoms with Gasteiger partial charge in [-0.05, 0) is 31.0 Å². The third-order valence-electron chi connectivity index (χ3n) is 3.99. The normalized spacial score (nSPS) is 17.3. The maximum atomic E-state index is 12.4. The lowest BCUT2D eigenvalue weighted by Gasteiger charge is -2.32. The SMILES string of the molecule is O=C(Nc1cccnc1)[C@@H]1CCCN(c2ccc([N+](=O)[O-])cn2)C1. The Morgan fingerprint density at radius 1 is 1.33 bits per heavy atom. The molecule has 24 heavy (non-hydrogen) atoms. The first-order valence-corrected chi connectivity index (χ1v) is 7.70. The number of carbonyl (C=O) groups excluding carboxylic acids is 1. The summed E-state index contributed by atoms with van der Waals surface area (Å²) in [6, 6.07) is 6.62. The van der Waals surface area contributed by atoms with Crippen LogP contribution in [0.15, 0.2) is 42.9 Å². The number of anilines is 2. The molecule has 8 heteroatoms. The van der Waals surface area contributed by atoms with Crippen LogP contribution in [0, 0.1) is 16.0 Å². The van der Waals surface area contributed by atoms with Crippen molar-refractivity contribution in [3.05, 3.63) is 53.0 Å². The monoisotopic (exact) mass is 327 g/mol. The third-order valence-corrected chi connectivity index (χ3v) is 3.99. The topological polar surface area (TPSA) is 101 Å². The number of hydrogen-bond acceptors (Lipinski definition) is 6. The minimum Gasteiger partial charge on any atom is -0.356 e. The summed E-state index contributed by atoms with van der Waals surface area (Å²) in [5, 5.41) is 13.6. The molecule has 1 saturated heterocycles. The van der Waals surface area contributed by atoms with Crippen LogP contribution in [-0.4, -0.2) is 33.9 Å². The van der Waals surface area contributed by atoms with Crippen molar-refractivity contribution in [1.82, 2.24) is 9.97 Å². The average molecular weight is 327 g/mol. The van der Waals surface area contributed by atoms with Gasteiger partial charge >= 0.3 is 0 Å². The highest BCUT2D eigenvalue weighted by atomic mass is 16.6. The number of aromatic nitrogens is 2. The van der Waals surface area contributed by atoms with Gasteiger partial charge in [0.15, 0.2) is 0 Å². The Balaban J connectivity index is 1.65. The van der Waals surface area contributed by atoms with Crippen LogP contribution in [0.5, 0.6) is 0 Å². The van der Waals surface area contributed by atoms with Gasteiger partial charge in [0.1, 0.15) is 12.0 Å². The van der Waals surface area contributed by atoms with E-state index in [4.69, 9.17) is 0 Å². The van der Waals surface area contributed by atoms with E-state index >= 15 is 0 Å². The van der Waals surface area contributed by atoms with Gasteiger partial charge in [0.05, 0.1) is 22.7 Å². The third kappa shape index (κ3) is 3.65. The molecule has 0 aromatic carbocycles. The Bertz CT molecular complexity index is 720. The van der Waals surface area contributed by atoms with E-state index in [9.17, 15) is 14.9 Å². The zero-order valence-electron chi connectivity index (χ0n) is 13.0. The Morgan fingerprint density at radius 3 is 2.88 bits per heavy atom. The van der Waals surface area contributed by atoms with Gasteiger partial charge in [0.25, 0.3) is 5.69 Å². The molecule has 0 unspecified atom stereocenters. The smallest absolute Gasteiger partial charge is 0.287 e. The maximum absolute atomic E-state index is 12.4. The second kappa shape index (κ2) is 7.03. The van der Waals surface area contributed by atoms with Crippen molar-refractivity contribution in [2.75, 3.05) is 23.3 Å². The lowest BCUT2D eigenvalue weighted by molar-refractivity contribution is -0.385. The maximum Gasteiger partial charge on any atom is 0.287 e. The van der Waals surface area contributed by atoms with Crippen molar-refractivity contribution >= 4 is 23.1 Å². The average Bonchev–Trinajstić information content (AvgIpc) is 2.63. The first-order valence-electron chi connectivity index (χ1n) is 7.70. The fourth-order valence-corrected chi connectivity index (χ4v) is 2.75. The number of amides is 1. The van der Waals surface area contributed by atoms with E-state index < -0.39 is 4.92 Å². The van der Waals surface area contributed by atoms with E-state index in [-0.39, 0.29) is 17.5 Å². The Hall–Kier alpha value is -3.03. The number of nitrogens with zero attached hydrogens (tertiary/aromatic N) is 4. The molecule has 2 aromatic heterocycles. The number of carbonyl (C=O) groups is 1. The van der Waals surface area contributed by atoms with E-state index in [0.717, 1.165) is 19.4 Å². The van der Waals surface area contributed by atoms with Crippen molar-refractivity contribution < 1.29 is 9.72 Å². The van der Waals surface area contributed by atoms with Gasteiger partial charge in [0.2, 0.25) is 5.91 Å². The Labute approximate surface area is 138 Å². The number of nitrogens with one attached hydrogen (secondary N) is 1. The molecule has 124 valence electrons. The van der Waals surface area contributed by atoms with Crippen molar-refractivity contribution in [3.8, 4) is 0 Å². The molecular weight excluding hydrogens is 310 g/mol. The van der Waals surface area contributed by atoms with Crippen LogP contribution in [0.3, 0.4) is 0 Å². The molecule has 1 amide bonds. The van der Waals surface area contributed by atoms with E-state index in [1.54, 1.807) is 30.6 Å². The lowest BCUT2D eigenvalue weighted by atomic mass is 9.97. The summed E-state index contributed by atoms with van der Waals surface area (Å²) in [5.74, 6) is 0.449. The summed E-state index contributed by atoms with van der Waals surface area (Å²) < 4.78 is 0. The zero-order chi connectivity index (χ0) is 16.9. The molecule has 1 N–H and O–H groups in total. The Morgan fingerprint density at radius 2 is 2.21 bits per heavy atom. The van der Waals surface area contributed by atoms with Gasteiger partial charge in [-0.25, -0.2) is 4.98 Å². The predicted octanol–water partition coefficient (Wildman–Crippen LogP) is 2.24. The number of piperidine rings is 1. The fraction of sp³-hybridized carbons (Fsp3) is 0.312. The summed E-state index contributed by atoms with van der Waals surface area (Å²) in [4.78, 5) is 32.7. The zero-order valence-corrected chi connectivity index (χ0v) is 13.0. The summed E-state index contributed by atoms with van der Waals surface area (Å²) in [5.41, 5.74) is 0.634. The van der Waals surface area contributed by atoms with E-state index in [0.29, 0.717) is 18.1 Å². The van der Waals surface area contributed by atoms with Gasteiger partial charge in [0, 0.05) is 25.4 Å². The summed E-state index contributed by atoms with van der Waals surface area (Å²) in [6.07, 6.45) is 6.17. The molecule has 0 saturated carbocycles. The van der Waals surface area contributed by atoms with E-state index in [1.165, 1.54) is 12.3 Å². The molecule has 3 rings (SSSR count). The van der Waals surface area contributed by atoms with Crippen molar-refractivity contribution in [3.63, 3.8) is 0 Å². The van der Waals surface area contributed by atoms with E-state index in [2.05, 4.69) is 15.3 Å². The van der Waals surface area contributed by atoms with Crippen molar-refractivity contribution in [1.29, 1.82) is 0 Å². The largest absolute Gasteiger partial charge is 0.356 e. The van der Waals surface area contributed by atoms with Crippen LogP contribution >= 0.6 is 0 Å². The number of nitro groups is 1. The molecule has 1 atom stereocenters. The van der Waals surface area contributed by atoms with Crippen LogP contribution < -0.4 is 10.2 Å². The van der Waals surface area contributed by atoms with Crippen molar-refractivity contribution in [2.45, 2.75) is 12.8 Å². The molecule has 8 nitrogen and oxygen atoms in total. The fourth-order valence-electron chi connectivity index (χ4n) is 2.75. The predicted molar refractivity (Wildman–Crippen MR) is 88.7 cm³/mol. The molecule has 2 aromatic rings. The molecule has 1 aliphatic rings. The highest BCUT2D eigenvalue weighted by molar-refractivity contribution is 5.92. The highest BCUT2D eigenvalue weighted by Gasteiger charge is 2.26. The van der Waals surface area contributed by atoms with Gasteiger partial charge in [-0.1, -0.05) is 0 Å². The molecule has 3 heterocycles. The molecule has 0 radical (unpaired) electrons. The van der Waals surface area contributed by atoms with Gasteiger partial charge in [-0.15, -0.1) is 0 Å². The molecule has 0 bridgehead atoms. The summed E-state index contributed by atoms with van der Waals surface area (Å²) in [7, 11) is 0. The minimum atomic E-state index is -0.475. The first kappa shape index (κ1) is 15.9. The second-order valence-electron chi connectivity index (χ2n) is 5.65. The molecule has 1 fully saturated rings. The molecule has 1 aliphatic heterocycles. The molecule has 0 spiro atoms. The Kier molecular flexibility index (Phi) is 4.64. The number of pyridine rings is 2. The highest BCUT2D eigenvalue weighted by Crippen LogP contribution is 2.24. The summed E-state index contributed by atoms with van der Waals surface area (Å²) in [6.45, 7) is 1.32. The lowest BCUT2D eigenvalue weighted by Crippen LogP contribution is -2.41. The van der Waals surface area contributed by atoms with Gasteiger partial charge < -0.3 is 10.2 Å². The van der Waals surface area contributed by atoms with Crippen LogP contribution in [0.1, 0.15) is 12.8 Å². The number of hydrogen-bond donors (Lipinski definition) is 1. The van der Waals surface area contributed by atoms with Crippen LogP contribution in [-0.2, 0) is 4.79 Å². The molecule has 0 aliphatic carbocycles. The van der Waals surface area contributed by atoms with Crippen LogP contribution in [0.25, 0.3) is 0 Å². The van der Waals surface area contributed by atoms with Crippen LogP contribution in [0.2, 0.25) is 0 Å². The molecular formula is C16H17N5O3. The number of rotatable bonds is 4. The minimum absolute atomic E-state index is 0.0402. The van der Waals surface area contributed by atoms with Gasteiger partial charge in [-0.3, -0.25) is 19.9 Å².